The average molecular weight is 370 g/mol. The number of carbonyl (C=O) groups excluding carboxylic acids is 2. The number of ether oxygens (including phenoxy) is 1. The van der Waals surface area contributed by atoms with Gasteiger partial charge in [0.1, 0.15) is 0 Å². The maximum Gasteiger partial charge on any atom is 0.305 e. The highest BCUT2D eigenvalue weighted by Gasteiger charge is 2.07. The van der Waals surface area contributed by atoms with Gasteiger partial charge in [0.2, 0.25) is 0 Å². The maximum absolute atomic E-state index is 12.2. The highest BCUT2D eigenvalue weighted by molar-refractivity contribution is 5.96. The molecule has 27 heavy (non-hydrogen) atoms. The highest BCUT2D eigenvalue weighted by Crippen LogP contribution is 2.19. The number of carbonyl (C=O) groups is 2. The Labute approximate surface area is 163 Å². The number of esters is 1. The van der Waals surface area contributed by atoms with Crippen molar-refractivity contribution in [2.24, 2.45) is 0 Å². The van der Waals surface area contributed by atoms with E-state index >= 15 is 0 Å². The number of hydrogen-bond donors (Lipinski definition) is 0. The largest absolute Gasteiger partial charge is 0.466 e. The molecule has 4 nitrogen and oxygen atoms in total. The second kappa shape index (κ2) is 13.7. The molecule has 0 N–H and O–H groups in total. The number of aromatic nitrogens is 1. The Morgan fingerprint density at radius 2 is 1.56 bits per heavy atom. The summed E-state index contributed by atoms with van der Waals surface area (Å²) < 4.78 is 4.89. The highest BCUT2D eigenvalue weighted by atomic mass is 16.5. The van der Waals surface area contributed by atoms with Crippen molar-refractivity contribution in [2.45, 2.75) is 59.3 Å². The Morgan fingerprint density at radius 1 is 0.889 bits per heavy atom. The number of pyridine rings is 1. The second-order valence-corrected chi connectivity index (χ2v) is 5.96. The van der Waals surface area contributed by atoms with Crippen LogP contribution in [0.5, 0.6) is 0 Å². The molecule has 0 aliphatic rings. The lowest BCUT2D eigenvalue weighted by Gasteiger charge is -2.05. The maximum atomic E-state index is 12.2. The van der Waals surface area contributed by atoms with E-state index in [1.165, 1.54) is 0 Å². The first-order valence-electron chi connectivity index (χ1n) is 9.90. The predicted molar refractivity (Wildman–Crippen MR) is 110 cm³/mol. The summed E-state index contributed by atoms with van der Waals surface area (Å²) in [6.45, 7) is 6.25. The van der Waals surface area contributed by atoms with E-state index in [-0.39, 0.29) is 11.8 Å². The van der Waals surface area contributed by atoms with Crippen LogP contribution in [-0.4, -0.2) is 23.3 Å². The number of unbranched alkanes of at least 4 members (excludes halogenated alkanes) is 3. The zero-order chi connectivity index (χ0) is 19.9. The van der Waals surface area contributed by atoms with Gasteiger partial charge in [0.15, 0.2) is 5.78 Å². The van der Waals surface area contributed by atoms with E-state index < -0.39 is 0 Å². The molecule has 0 saturated carbocycles. The van der Waals surface area contributed by atoms with Gasteiger partial charge in [-0.25, -0.2) is 0 Å². The van der Waals surface area contributed by atoms with Crippen LogP contribution in [0.4, 0.5) is 0 Å². The van der Waals surface area contributed by atoms with Crippen molar-refractivity contribution >= 4 is 11.8 Å². The summed E-state index contributed by atoms with van der Waals surface area (Å²) in [5, 5.41) is 0. The van der Waals surface area contributed by atoms with Crippen LogP contribution in [0, 0.1) is 0 Å². The molecule has 146 valence electrons. The molecule has 0 atom stereocenters. The van der Waals surface area contributed by atoms with Crippen LogP contribution >= 0.6 is 0 Å². The van der Waals surface area contributed by atoms with E-state index in [2.05, 4.69) is 4.98 Å². The summed E-state index contributed by atoms with van der Waals surface area (Å²) in [6, 6.07) is 11.6. The number of rotatable bonds is 10. The average Bonchev–Trinajstić information content (AvgIpc) is 2.73. The second-order valence-electron chi connectivity index (χ2n) is 5.96. The van der Waals surface area contributed by atoms with Gasteiger partial charge in [0.05, 0.1) is 6.61 Å². The summed E-state index contributed by atoms with van der Waals surface area (Å²) in [4.78, 5) is 27.6. The number of Topliss-reactive ketones (excluding diaryl/α,β-unsaturated/α-hetero) is 1. The third-order valence-electron chi connectivity index (χ3n) is 4.04. The van der Waals surface area contributed by atoms with E-state index in [0.29, 0.717) is 19.4 Å². The third kappa shape index (κ3) is 8.63. The summed E-state index contributed by atoms with van der Waals surface area (Å²) >= 11 is 0. The molecule has 0 saturated heterocycles. The molecule has 0 radical (unpaired) electrons. The fourth-order valence-corrected chi connectivity index (χ4v) is 2.67. The fraction of sp³-hybridized carbons (Fsp3) is 0.435. The normalized spacial score (nSPS) is 9.89. The van der Waals surface area contributed by atoms with E-state index in [1.807, 2.05) is 63.4 Å². The topological polar surface area (TPSA) is 56.3 Å². The van der Waals surface area contributed by atoms with Crippen LogP contribution < -0.4 is 0 Å². The molecular formula is C23H31NO3. The standard InChI is InChI=1S/C21H25NO3.C2H6/c1-2-25-21(24)10-6-4-3-5-9-20(23)18-13-11-17(12-14-18)19-8-7-15-22-16-19;1-2/h7-8,11-16H,2-6,9-10H2,1H3;1-2H3. The molecule has 0 aliphatic carbocycles. The van der Waals surface area contributed by atoms with Crippen LogP contribution in [0.25, 0.3) is 11.1 Å². The monoisotopic (exact) mass is 369 g/mol. The minimum atomic E-state index is -0.132. The molecule has 4 heteroatoms. The van der Waals surface area contributed by atoms with Crippen molar-refractivity contribution in [2.75, 3.05) is 6.61 Å². The van der Waals surface area contributed by atoms with Crippen molar-refractivity contribution in [3.05, 3.63) is 54.4 Å². The minimum Gasteiger partial charge on any atom is -0.466 e. The van der Waals surface area contributed by atoms with Gasteiger partial charge in [0, 0.05) is 30.8 Å². The molecule has 0 aliphatic heterocycles. The minimum absolute atomic E-state index is 0.132. The Hall–Kier alpha value is -2.49. The quantitative estimate of drug-likeness (QED) is 0.299. The van der Waals surface area contributed by atoms with Crippen LogP contribution in [-0.2, 0) is 9.53 Å². The number of ketones is 1. The molecule has 1 heterocycles. The van der Waals surface area contributed by atoms with Gasteiger partial charge in [-0.05, 0) is 37.0 Å². The van der Waals surface area contributed by atoms with Crippen molar-refractivity contribution < 1.29 is 14.3 Å². The lowest BCUT2D eigenvalue weighted by molar-refractivity contribution is -0.143. The molecule has 0 fully saturated rings. The van der Waals surface area contributed by atoms with Gasteiger partial charge in [-0.2, -0.15) is 0 Å². The predicted octanol–water partition coefficient (Wildman–Crippen LogP) is 5.86. The molecule has 1 aromatic carbocycles. The van der Waals surface area contributed by atoms with Gasteiger partial charge in [0.25, 0.3) is 0 Å². The smallest absolute Gasteiger partial charge is 0.305 e. The first kappa shape index (κ1) is 22.6. The van der Waals surface area contributed by atoms with E-state index in [4.69, 9.17) is 4.74 Å². The SMILES string of the molecule is CC.CCOC(=O)CCCCCCC(=O)c1ccc(-c2cccnc2)cc1. The first-order valence-corrected chi connectivity index (χ1v) is 9.90. The van der Waals surface area contributed by atoms with Gasteiger partial charge in [-0.3, -0.25) is 14.6 Å². The van der Waals surface area contributed by atoms with Crippen molar-refractivity contribution in [1.82, 2.24) is 4.98 Å². The summed E-state index contributed by atoms with van der Waals surface area (Å²) in [6.07, 6.45) is 8.16. The molecule has 0 spiro atoms. The zero-order valence-electron chi connectivity index (χ0n) is 16.7. The number of hydrogen-bond acceptors (Lipinski definition) is 4. The molecular weight excluding hydrogens is 338 g/mol. The van der Waals surface area contributed by atoms with Gasteiger partial charge < -0.3 is 4.74 Å². The van der Waals surface area contributed by atoms with Crippen molar-refractivity contribution in [3.63, 3.8) is 0 Å². The summed E-state index contributed by atoms with van der Waals surface area (Å²) in [5.41, 5.74) is 2.85. The van der Waals surface area contributed by atoms with Gasteiger partial charge in [-0.1, -0.05) is 57.0 Å². The Bertz CT molecular complexity index is 666. The summed E-state index contributed by atoms with van der Waals surface area (Å²) in [7, 11) is 0. The molecule has 0 unspecified atom stereocenters. The Morgan fingerprint density at radius 3 is 2.15 bits per heavy atom. The Kier molecular flexibility index (Phi) is 11.4. The lowest BCUT2D eigenvalue weighted by atomic mass is 10.0. The fourth-order valence-electron chi connectivity index (χ4n) is 2.67. The molecule has 0 amide bonds. The van der Waals surface area contributed by atoms with Crippen LogP contribution in [0.1, 0.15) is 69.7 Å². The van der Waals surface area contributed by atoms with Crippen LogP contribution in [0.3, 0.4) is 0 Å². The lowest BCUT2D eigenvalue weighted by Crippen LogP contribution is -2.03. The Balaban J connectivity index is 0.00000176. The zero-order valence-corrected chi connectivity index (χ0v) is 16.7. The first-order chi connectivity index (χ1) is 13.2. The summed E-state index contributed by atoms with van der Waals surface area (Å²) in [5.74, 6) is 0.0374. The number of nitrogens with zero attached hydrogens (tertiary/aromatic N) is 1. The molecule has 1 aromatic heterocycles. The van der Waals surface area contributed by atoms with Gasteiger partial charge >= 0.3 is 5.97 Å². The van der Waals surface area contributed by atoms with E-state index in [9.17, 15) is 9.59 Å². The number of benzene rings is 1. The van der Waals surface area contributed by atoms with Gasteiger partial charge in [-0.15, -0.1) is 0 Å². The van der Waals surface area contributed by atoms with Crippen LogP contribution in [0.15, 0.2) is 48.8 Å². The van der Waals surface area contributed by atoms with E-state index in [0.717, 1.165) is 42.4 Å². The molecule has 0 bridgehead atoms. The third-order valence-corrected chi connectivity index (χ3v) is 4.04. The van der Waals surface area contributed by atoms with E-state index in [1.54, 1.807) is 6.20 Å². The molecule has 2 rings (SSSR count). The van der Waals surface area contributed by atoms with Crippen LogP contribution in [0.2, 0.25) is 0 Å². The molecule has 2 aromatic rings. The van der Waals surface area contributed by atoms with Crippen molar-refractivity contribution in [3.8, 4) is 11.1 Å². The van der Waals surface area contributed by atoms with Crippen molar-refractivity contribution in [1.29, 1.82) is 0 Å².